The van der Waals surface area contributed by atoms with Crippen molar-refractivity contribution in [1.29, 1.82) is 0 Å². The summed E-state index contributed by atoms with van der Waals surface area (Å²) in [5.41, 5.74) is 6.26. The van der Waals surface area contributed by atoms with E-state index in [1.807, 2.05) is 0 Å². The third-order valence-corrected chi connectivity index (χ3v) is 3.78. The maximum atomic E-state index is 13.8. The van der Waals surface area contributed by atoms with Crippen LogP contribution in [0.5, 0.6) is 0 Å². The minimum atomic E-state index is -3.87. The summed E-state index contributed by atoms with van der Waals surface area (Å²) in [6.45, 7) is 0. The molecule has 0 aliphatic heterocycles. The molecular weight excluding hydrogens is 305 g/mol. The van der Waals surface area contributed by atoms with Gasteiger partial charge in [-0.15, -0.1) is 0 Å². The lowest BCUT2D eigenvalue weighted by molar-refractivity contribution is 0.598. The molecule has 0 atom stereocenters. The zero-order valence-corrected chi connectivity index (χ0v) is 11.7. The van der Waals surface area contributed by atoms with Crippen LogP contribution in [0.25, 0.3) is 0 Å². The summed E-state index contributed by atoms with van der Waals surface area (Å²) in [4.78, 5) is -0.128. The van der Waals surface area contributed by atoms with Crippen molar-refractivity contribution in [3.63, 3.8) is 0 Å². The maximum Gasteiger partial charge on any atom is 0.238 e. The number of hydrogen-bond acceptors (Lipinski definition) is 4. The van der Waals surface area contributed by atoms with Crippen molar-refractivity contribution in [2.24, 2.45) is 5.14 Å². The number of anilines is 3. The molecule has 5 N–H and O–H groups in total. The standard InChI is InChI=1S/C12H11ClFN3O2S/c13-8-2-1-3-10(12(8)14)17-11-6-7(20(16,18)19)4-5-9(11)15/h1-6,17H,15H2,(H2,16,18,19). The molecule has 2 aromatic carbocycles. The zero-order valence-electron chi connectivity index (χ0n) is 10.1. The molecule has 0 spiro atoms. The Labute approximate surface area is 120 Å². The van der Waals surface area contributed by atoms with Crippen LogP contribution in [0.15, 0.2) is 41.3 Å². The van der Waals surface area contributed by atoms with Crippen molar-refractivity contribution in [3.8, 4) is 0 Å². The summed E-state index contributed by atoms with van der Waals surface area (Å²) in [6.07, 6.45) is 0. The Balaban J connectivity index is 2.46. The van der Waals surface area contributed by atoms with Crippen LogP contribution in [0.2, 0.25) is 5.02 Å². The number of nitrogens with one attached hydrogen (secondary N) is 1. The van der Waals surface area contributed by atoms with Crippen LogP contribution >= 0.6 is 11.6 Å². The number of sulfonamides is 1. The summed E-state index contributed by atoms with van der Waals surface area (Å²) in [5, 5.41) is 7.66. The summed E-state index contributed by atoms with van der Waals surface area (Å²) in [5.74, 6) is -0.658. The van der Waals surface area contributed by atoms with Gasteiger partial charge in [0.2, 0.25) is 10.0 Å². The fraction of sp³-hybridized carbons (Fsp3) is 0. The average Bonchev–Trinajstić information content (AvgIpc) is 2.36. The molecule has 0 aromatic heterocycles. The van der Waals surface area contributed by atoms with Crippen molar-refractivity contribution in [2.45, 2.75) is 4.90 Å². The zero-order chi connectivity index (χ0) is 14.9. The third kappa shape index (κ3) is 3.01. The lowest BCUT2D eigenvalue weighted by Gasteiger charge is -2.12. The summed E-state index contributed by atoms with van der Waals surface area (Å²) in [6, 6.07) is 8.25. The van der Waals surface area contributed by atoms with Gasteiger partial charge in [0.1, 0.15) is 0 Å². The predicted molar refractivity (Wildman–Crippen MR) is 76.9 cm³/mol. The first-order valence-corrected chi connectivity index (χ1v) is 7.35. The van der Waals surface area contributed by atoms with E-state index in [1.165, 1.54) is 30.3 Å². The lowest BCUT2D eigenvalue weighted by atomic mass is 10.2. The van der Waals surface area contributed by atoms with Crippen LogP contribution in [0.4, 0.5) is 21.5 Å². The van der Waals surface area contributed by atoms with Gasteiger partial charge in [-0.05, 0) is 30.3 Å². The largest absolute Gasteiger partial charge is 0.397 e. The van der Waals surface area contributed by atoms with E-state index in [-0.39, 0.29) is 27.0 Å². The van der Waals surface area contributed by atoms with Gasteiger partial charge in [-0.1, -0.05) is 17.7 Å². The highest BCUT2D eigenvalue weighted by Gasteiger charge is 2.12. The van der Waals surface area contributed by atoms with E-state index < -0.39 is 15.8 Å². The van der Waals surface area contributed by atoms with Gasteiger partial charge in [0.05, 0.1) is 27.0 Å². The van der Waals surface area contributed by atoms with Gasteiger partial charge in [-0.3, -0.25) is 0 Å². The first kappa shape index (κ1) is 14.6. The minimum Gasteiger partial charge on any atom is -0.397 e. The van der Waals surface area contributed by atoms with Gasteiger partial charge < -0.3 is 11.1 Å². The minimum absolute atomic E-state index is 0.0591. The first-order valence-electron chi connectivity index (χ1n) is 5.42. The van der Waals surface area contributed by atoms with Crippen LogP contribution in [-0.4, -0.2) is 8.42 Å². The molecule has 0 amide bonds. The topological polar surface area (TPSA) is 98.2 Å². The first-order chi connectivity index (χ1) is 9.29. The van der Waals surface area contributed by atoms with Crippen molar-refractivity contribution < 1.29 is 12.8 Å². The van der Waals surface area contributed by atoms with Crippen LogP contribution in [0.3, 0.4) is 0 Å². The Bertz CT molecular complexity index is 765. The van der Waals surface area contributed by atoms with Gasteiger partial charge in [0.15, 0.2) is 5.82 Å². The monoisotopic (exact) mass is 315 g/mol. The van der Waals surface area contributed by atoms with Crippen molar-refractivity contribution >= 4 is 38.7 Å². The number of hydrogen-bond donors (Lipinski definition) is 3. The summed E-state index contributed by atoms with van der Waals surface area (Å²) >= 11 is 5.66. The molecule has 0 saturated carbocycles. The molecule has 2 aromatic rings. The van der Waals surface area contributed by atoms with E-state index in [4.69, 9.17) is 22.5 Å². The molecule has 106 valence electrons. The second kappa shape index (κ2) is 5.28. The molecule has 0 saturated heterocycles. The van der Waals surface area contributed by atoms with Gasteiger partial charge >= 0.3 is 0 Å². The Morgan fingerprint density at radius 2 is 1.85 bits per heavy atom. The van der Waals surface area contributed by atoms with Gasteiger partial charge in [-0.2, -0.15) is 0 Å². The fourth-order valence-electron chi connectivity index (χ4n) is 1.57. The molecule has 0 aliphatic rings. The van der Waals surface area contributed by atoms with E-state index in [9.17, 15) is 12.8 Å². The smallest absolute Gasteiger partial charge is 0.238 e. The molecule has 0 heterocycles. The lowest BCUT2D eigenvalue weighted by Crippen LogP contribution is -2.12. The quantitative estimate of drug-likeness (QED) is 0.758. The second-order valence-corrected chi connectivity index (χ2v) is 5.99. The summed E-state index contributed by atoms with van der Waals surface area (Å²) in [7, 11) is -3.87. The second-order valence-electron chi connectivity index (χ2n) is 4.02. The molecule has 0 fully saturated rings. The molecule has 5 nitrogen and oxygen atoms in total. The Kier molecular flexibility index (Phi) is 3.85. The summed E-state index contributed by atoms with van der Waals surface area (Å²) < 4.78 is 36.3. The van der Waals surface area contributed by atoms with E-state index in [0.29, 0.717) is 0 Å². The van der Waals surface area contributed by atoms with Gasteiger partial charge in [-0.25, -0.2) is 17.9 Å². The molecule has 0 radical (unpaired) electrons. The number of halogens is 2. The number of nitrogen functional groups attached to an aromatic ring is 1. The van der Waals surface area contributed by atoms with Gasteiger partial charge in [0, 0.05) is 0 Å². The molecule has 0 aliphatic carbocycles. The maximum absolute atomic E-state index is 13.8. The molecular formula is C12H11ClFN3O2S. The van der Waals surface area contributed by atoms with Crippen LogP contribution in [0.1, 0.15) is 0 Å². The Morgan fingerprint density at radius 1 is 1.15 bits per heavy atom. The molecule has 0 bridgehead atoms. The van der Waals surface area contributed by atoms with Crippen LogP contribution in [-0.2, 0) is 10.0 Å². The van der Waals surface area contributed by atoms with Gasteiger partial charge in [0.25, 0.3) is 0 Å². The fourth-order valence-corrected chi connectivity index (χ4v) is 2.28. The van der Waals surface area contributed by atoms with E-state index in [0.717, 1.165) is 0 Å². The van der Waals surface area contributed by atoms with Crippen LogP contribution in [0, 0.1) is 5.82 Å². The Morgan fingerprint density at radius 3 is 2.50 bits per heavy atom. The average molecular weight is 316 g/mol. The predicted octanol–water partition coefficient (Wildman–Crippen LogP) is 2.45. The van der Waals surface area contributed by atoms with E-state index >= 15 is 0 Å². The van der Waals surface area contributed by atoms with Crippen molar-refractivity contribution in [3.05, 3.63) is 47.2 Å². The highest BCUT2D eigenvalue weighted by molar-refractivity contribution is 7.89. The van der Waals surface area contributed by atoms with E-state index in [2.05, 4.69) is 5.32 Å². The number of benzene rings is 2. The van der Waals surface area contributed by atoms with Crippen LogP contribution < -0.4 is 16.2 Å². The normalized spacial score (nSPS) is 11.3. The number of nitrogens with two attached hydrogens (primary N) is 2. The highest BCUT2D eigenvalue weighted by atomic mass is 35.5. The number of primary sulfonamides is 1. The number of rotatable bonds is 3. The van der Waals surface area contributed by atoms with Crippen molar-refractivity contribution in [2.75, 3.05) is 11.1 Å². The molecule has 0 unspecified atom stereocenters. The highest BCUT2D eigenvalue weighted by Crippen LogP contribution is 2.29. The Hall–Kier alpha value is -1.83. The molecule has 8 heteroatoms. The third-order valence-electron chi connectivity index (χ3n) is 2.57. The molecule has 20 heavy (non-hydrogen) atoms. The van der Waals surface area contributed by atoms with E-state index in [1.54, 1.807) is 6.07 Å². The van der Waals surface area contributed by atoms with Crippen molar-refractivity contribution in [1.82, 2.24) is 0 Å². The SMILES string of the molecule is Nc1ccc(S(N)(=O)=O)cc1Nc1cccc(Cl)c1F. The molecule has 2 rings (SSSR count).